The summed E-state index contributed by atoms with van der Waals surface area (Å²) in [5.74, 6) is 0. The molecule has 2 aromatic rings. The fourth-order valence-corrected chi connectivity index (χ4v) is 5.93. The molecule has 0 spiro atoms. The van der Waals surface area contributed by atoms with Crippen molar-refractivity contribution in [1.29, 1.82) is 0 Å². The van der Waals surface area contributed by atoms with Gasteiger partial charge >= 0.3 is 0 Å². The molecule has 0 aliphatic carbocycles. The molecule has 0 saturated heterocycles. The number of benzene rings is 1. The molecular formula is C14H17BrN2O2S2. The van der Waals surface area contributed by atoms with Gasteiger partial charge in [-0.15, -0.1) is 11.3 Å². The molecule has 2 rings (SSSR count). The third-order valence-corrected chi connectivity index (χ3v) is 7.17. The molecule has 0 aliphatic rings. The van der Waals surface area contributed by atoms with Gasteiger partial charge in [-0.2, -0.15) is 0 Å². The smallest absolute Gasteiger partial charge is 0.266 e. The van der Waals surface area contributed by atoms with Crippen LogP contribution in [-0.2, 0) is 16.6 Å². The third-order valence-electron chi connectivity index (χ3n) is 3.15. The van der Waals surface area contributed by atoms with Crippen LogP contribution >= 0.6 is 27.3 Å². The van der Waals surface area contributed by atoms with Gasteiger partial charge in [0, 0.05) is 18.5 Å². The first-order chi connectivity index (χ1) is 9.87. The molecule has 0 radical (unpaired) electrons. The highest BCUT2D eigenvalue weighted by atomic mass is 79.9. The average molecular weight is 389 g/mol. The SMILES string of the molecule is CNCc1cc(S(=O)(=O)N(C)c2ccccc2C)c(Br)s1. The van der Waals surface area contributed by atoms with E-state index >= 15 is 0 Å². The molecule has 114 valence electrons. The minimum atomic E-state index is -3.57. The number of nitrogens with one attached hydrogen (secondary N) is 1. The normalized spacial score (nSPS) is 11.6. The monoisotopic (exact) mass is 388 g/mol. The number of aryl methyl sites for hydroxylation is 1. The van der Waals surface area contributed by atoms with E-state index in [-0.39, 0.29) is 0 Å². The van der Waals surface area contributed by atoms with Crippen LogP contribution in [-0.4, -0.2) is 22.5 Å². The van der Waals surface area contributed by atoms with Crippen molar-refractivity contribution in [3.63, 3.8) is 0 Å². The second-order valence-electron chi connectivity index (χ2n) is 4.64. The summed E-state index contributed by atoms with van der Waals surface area (Å²) in [7, 11) is -0.156. The number of anilines is 1. The van der Waals surface area contributed by atoms with Crippen molar-refractivity contribution in [3.8, 4) is 0 Å². The molecule has 0 amide bonds. The molecule has 21 heavy (non-hydrogen) atoms. The van der Waals surface area contributed by atoms with Gasteiger partial charge < -0.3 is 5.32 Å². The quantitative estimate of drug-likeness (QED) is 0.853. The molecule has 1 aromatic carbocycles. The first kappa shape index (κ1) is 16.5. The van der Waals surface area contributed by atoms with Crippen molar-refractivity contribution >= 4 is 43.0 Å². The van der Waals surface area contributed by atoms with Crippen molar-refractivity contribution in [3.05, 3.63) is 44.6 Å². The summed E-state index contributed by atoms with van der Waals surface area (Å²) in [6.07, 6.45) is 0. The Labute approximate surface area is 138 Å². The maximum atomic E-state index is 12.8. The number of sulfonamides is 1. The fraction of sp³-hybridized carbons (Fsp3) is 0.286. The number of halogens is 1. The maximum Gasteiger partial charge on any atom is 0.266 e. The first-order valence-electron chi connectivity index (χ1n) is 6.35. The molecule has 0 atom stereocenters. The van der Waals surface area contributed by atoms with Crippen LogP contribution in [0.15, 0.2) is 39.0 Å². The van der Waals surface area contributed by atoms with Gasteiger partial charge in [-0.25, -0.2) is 8.42 Å². The van der Waals surface area contributed by atoms with Gasteiger partial charge in [0.05, 0.1) is 9.47 Å². The summed E-state index contributed by atoms with van der Waals surface area (Å²) >= 11 is 4.80. The molecule has 1 N–H and O–H groups in total. The largest absolute Gasteiger partial charge is 0.315 e. The molecule has 1 aromatic heterocycles. The number of hydrogen-bond acceptors (Lipinski definition) is 4. The van der Waals surface area contributed by atoms with Crippen LogP contribution in [0.5, 0.6) is 0 Å². The van der Waals surface area contributed by atoms with E-state index in [0.717, 1.165) is 10.4 Å². The molecular weight excluding hydrogens is 372 g/mol. The van der Waals surface area contributed by atoms with Crippen molar-refractivity contribution < 1.29 is 8.42 Å². The Kier molecular flexibility index (Phi) is 5.08. The lowest BCUT2D eigenvalue weighted by Crippen LogP contribution is -2.27. The molecule has 7 heteroatoms. The van der Waals surface area contributed by atoms with E-state index in [1.807, 2.05) is 38.2 Å². The van der Waals surface area contributed by atoms with Crippen LogP contribution < -0.4 is 9.62 Å². The van der Waals surface area contributed by atoms with Gasteiger partial charge in [0.2, 0.25) is 0 Å². The van der Waals surface area contributed by atoms with E-state index in [2.05, 4.69) is 21.2 Å². The predicted molar refractivity (Wildman–Crippen MR) is 91.6 cm³/mol. The number of rotatable bonds is 5. The number of thiophene rings is 1. The van der Waals surface area contributed by atoms with Crippen molar-refractivity contribution in [2.24, 2.45) is 0 Å². The second-order valence-corrected chi connectivity index (χ2v) is 9.03. The van der Waals surface area contributed by atoms with Crippen LogP contribution in [0.25, 0.3) is 0 Å². The maximum absolute atomic E-state index is 12.8. The lowest BCUT2D eigenvalue weighted by molar-refractivity contribution is 0.594. The molecule has 0 bridgehead atoms. The average Bonchev–Trinajstić information content (AvgIpc) is 2.80. The van der Waals surface area contributed by atoms with E-state index in [0.29, 0.717) is 20.9 Å². The zero-order chi connectivity index (χ0) is 15.6. The second kappa shape index (κ2) is 6.48. The Morgan fingerprint density at radius 1 is 1.33 bits per heavy atom. The van der Waals surface area contributed by atoms with Gasteiger partial charge in [0.25, 0.3) is 10.0 Å². The van der Waals surface area contributed by atoms with Crippen LogP contribution in [0.3, 0.4) is 0 Å². The highest BCUT2D eigenvalue weighted by molar-refractivity contribution is 9.11. The summed E-state index contributed by atoms with van der Waals surface area (Å²) in [6, 6.07) is 9.15. The highest BCUT2D eigenvalue weighted by Crippen LogP contribution is 2.35. The Morgan fingerprint density at radius 2 is 2.00 bits per heavy atom. The summed E-state index contributed by atoms with van der Waals surface area (Å²) < 4.78 is 27.6. The molecule has 0 fully saturated rings. The van der Waals surface area contributed by atoms with Gasteiger partial charge in [-0.1, -0.05) is 18.2 Å². The Hall–Kier alpha value is -0.890. The zero-order valence-electron chi connectivity index (χ0n) is 12.1. The van der Waals surface area contributed by atoms with Crippen molar-refractivity contribution in [1.82, 2.24) is 5.32 Å². The highest BCUT2D eigenvalue weighted by Gasteiger charge is 2.26. The zero-order valence-corrected chi connectivity index (χ0v) is 15.3. The van der Waals surface area contributed by atoms with E-state index in [1.165, 1.54) is 15.6 Å². The lowest BCUT2D eigenvalue weighted by Gasteiger charge is -2.21. The minimum absolute atomic E-state index is 0.309. The predicted octanol–water partition coefficient (Wildman–Crippen LogP) is 3.36. The van der Waals surface area contributed by atoms with Gasteiger partial charge in [-0.05, 0) is 47.6 Å². The van der Waals surface area contributed by atoms with Crippen LogP contribution in [0.2, 0.25) is 0 Å². The fourth-order valence-electron chi connectivity index (χ4n) is 2.03. The van der Waals surface area contributed by atoms with Gasteiger partial charge in [0.15, 0.2) is 0 Å². The van der Waals surface area contributed by atoms with E-state index in [4.69, 9.17) is 0 Å². The van der Waals surface area contributed by atoms with Crippen LogP contribution in [0.1, 0.15) is 10.4 Å². The topological polar surface area (TPSA) is 49.4 Å². The summed E-state index contributed by atoms with van der Waals surface area (Å²) in [5.41, 5.74) is 1.61. The van der Waals surface area contributed by atoms with Crippen molar-refractivity contribution in [2.45, 2.75) is 18.4 Å². The molecule has 4 nitrogen and oxygen atoms in total. The molecule has 0 aliphatic heterocycles. The molecule has 1 heterocycles. The van der Waals surface area contributed by atoms with Crippen LogP contribution in [0, 0.1) is 6.92 Å². The van der Waals surface area contributed by atoms with E-state index in [1.54, 1.807) is 13.1 Å². The Bertz CT molecular complexity index is 741. The van der Waals surface area contributed by atoms with E-state index < -0.39 is 10.0 Å². The number of nitrogens with zero attached hydrogens (tertiary/aromatic N) is 1. The summed E-state index contributed by atoms with van der Waals surface area (Å²) in [4.78, 5) is 1.28. The first-order valence-corrected chi connectivity index (χ1v) is 9.40. The summed E-state index contributed by atoms with van der Waals surface area (Å²) in [6.45, 7) is 2.54. The third kappa shape index (κ3) is 3.31. The standard InChI is InChI=1S/C14H17BrN2O2S2/c1-10-6-4-5-7-12(10)17(3)21(18,19)13-8-11(9-16-2)20-14(13)15/h4-8,16H,9H2,1-3H3. The van der Waals surface area contributed by atoms with Crippen LogP contribution in [0.4, 0.5) is 5.69 Å². The summed E-state index contributed by atoms with van der Waals surface area (Å²) in [5, 5.41) is 3.03. The van der Waals surface area contributed by atoms with Crippen molar-refractivity contribution in [2.75, 3.05) is 18.4 Å². The Balaban J connectivity index is 2.45. The van der Waals surface area contributed by atoms with E-state index in [9.17, 15) is 8.42 Å². The lowest BCUT2D eigenvalue weighted by atomic mass is 10.2. The molecule has 0 saturated carbocycles. The Morgan fingerprint density at radius 3 is 2.62 bits per heavy atom. The number of hydrogen-bond donors (Lipinski definition) is 1. The van der Waals surface area contributed by atoms with Gasteiger partial charge in [-0.3, -0.25) is 4.31 Å². The number of para-hydroxylation sites is 1. The van der Waals surface area contributed by atoms with Gasteiger partial charge in [0.1, 0.15) is 4.90 Å². The molecule has 0 unspecified atom stereocenters. The minimum Gasteiger partial charge on any atom is -0.315 e.